The Bertz CT molecular complexity index is 893. The van der Waals surface area contributed by atoms with Crippen LogP contribution in [0.1, 0.15) is 42.4 Å². The van der Waals surface area contributed by atoms with Gasteiger partial charge in [0, 0.05) is 17.0 Å². The molecule has 26 heavy (non-hydrogen) atoms. The molecule has 0 unspecified atom stereocenters. The molecular weight excluding hydrogens is 329 g/mol. The van der Waals surface area contributed by atoms with Crippen molar-refractivity contribution in [3.8, 4) is 0 Å². The van der Waals surface area contributed by atoms with Gasteiger partial charge in [-0.15, -0.1) is 0 Å². The lowest BCUT2D eigenvalue weighted by molar-refractivity contribution is 0.102. The number of hydrogen-bond donors (Lipinski definition) is 1. The molecule has 134 valence electrons. The van der Waals surface area contributed by atoms with Crippen LogP contribution in [0.5, 0.6) is 0 Å². The number of rotatable bonds is 4. The topological polar surface area (TPSA) is 46.9 Å². The van der Waals surface area contributed by atoms with Crippen LogP contribution in [-0.4, -0.2) is 15.7 Å². The Kier molecular flexibility index (Phi) is 4.89. The highest BCUT2D eigenvalue weighted by molar-refractivity contribution is 6.03. The Morgan fingerprint density at radius 3 is 2.35 bits per heavy atom. The van der Waals surface area contributed by atoms with Gasteiger partial charge in [0.25, 0.3) is 5.91 Å². The van der Waals surface area contributed by atoms with Crippen LogP contribution in [0.2, 0.25) is 0 Å². The predicted molar refractivity (Wildman–Crippen MR) is 101 cm³/mol. The molecule has 0 saturated carbocycles. The molecule has 0 aliphatic rings. The van der Waals surface area contributed by atoms with Gasteiger partial charge in [-0.25, -0.2) is 9.07 Å². The quantitative estimate of drug-likeness (QED) is 0.745. The molecule has 0 bridgehead atoms. The summed E-state index contributed by atoms with van der Waals surface area (Å²) in [6, 6.07) is 17.3. The van der Waals surface area contributed by atoms with E-state index in [4.69, 9.17) is 0 Å². The maximum atomic E-state index is 13.1. The average Bonchev–Trinajstić information content (AvgIpc) is 2.99. The van der Waals surface area contributed by atoms with Gasteiger partial charge in [-0.05, 0) is 29.8 Å². The lowest BCUT2D eigenvalue weighted by atomic mass is 9.92. The van der Waals surface area contributed by atoms with Crippen molar-refractivity contribution in [2.45, 2.75) is 32.7 Å². The second-order valence-corrected chi connectivity index (χ2v) is 7.27. The minimum atomic E-state index is -0.370. The van der Waals surface area contributed by atoms with Gasteiger partial charge in [0.05, 0.1) is 12.2 Å². The maximum absolute atomic E-state index is 13.1. The van der Waals surface area contributed by atoms with Gasteiger partial charge in [0.1, 0.15) is 11.6 Å². The minimum Gasteiger partial charge on any atom is -0.307 e. The summed E-state index contributed by atoms with van der Waals surface area (Å²) < 4.78 is 14.9. The molecule has 4 nitrogen and oxygen atoms in total. The molecular formula is C21H22FN3O. The Labute approximate surface area is 152 Å². The molecule has 1 N–H and O–H groups in total. The minimum absolute atomic E-state index is 0.142. The van der Waals surface area contributed by atoms with E-state index in [9.17, 15) is 9.18 Å². The average molecular weight is 351 g/mol. The summed E-state index contributed by atoms with van der Waals surface area (Å²) in [7, 11) is 0. The van der Waals surface area contributed by atoms with Crippen LogP contribution in [0.25, 0.3) is 0 Å². The van der Waals surface area contributed by atoms with Crippen LogP contribution in [-0.2, 0) is 12.0 Å². The standard InChI is InChI=1S/C21H22FN3O/c1-21(2,3)18-13-19(23-20(26)16-9-11-17(22)12-10-16)25(24-18)14-15-7-5-4-6-8-15/h4-13H,14H2,1-3H3,(H,23,26). The Morgan fingerprint density at radius 2 is 1.73 bits per heavy atom. The van der Waals surface area contributed by atoms with Crippen molar-refractivity contribution >= 4 is 11.7 Å². The molecule has 5 heteroatoms. The van der Waals surface area contributed by atoms with Crippen LogP contribution in [0.15, 0.2) is 60.7 Å². The van der Waals surface area contributed by atoms with Crippen molar-refractivity contribution in [3.05, 3.63) is 83.3 Å². The van der Waals surface area contributed by atoms with E-state index in [1.165, 1.54) is 24.3 Å². The number of carbonyl (C=O) groups is 1. The molecule has 1 heterocycles. The Hall–Kier alpha value is -2.95. The van der Waals surface area contributed by atoms with Crippen molar-refractivity contribution in [1.82, 2.24) is 9.78 Å². The van der Waals surface area contributed by atoms with Crippen molar-refractivity contribution < 1.29 is 9.18 Å². The van der Waals surface area contributed by atoms with Crippen LogP contribution in [0, 0.1) is 5.82 Å². The lowest BCUT2D eigenvalue weighted by Crippen LogP contribution is -2.16. The first kappa shape index (κ1) is 17.9. The largest absolute Gasteiger partial charge is 0.307 e. The fraction of sp³-hybridized carbons (Fsp3) is 0.238. The molecule has 3 rings (SSSR count). The molecule has 0 spiro atoms. The second-order valence-electron chi connectivity index (χ2n) is 7.27. The van der Waals surface area contributed by atoms with E-state index in [1.54, 1.807) is 4.68 Å². The smallest absolute Gasteiger partial charge is 0.256 e. The van der Waals surface area contributed by atoms with E-state index in [1.807, 2.05) is 36.4 Å². The zero-order valence-electron chi connectivity index (χ0n) is 15.2. The summed E-state index contributed by atoms with van der Waals surface area (Å²) in [5, 5.41) is 7.58. The molecule has 2 aromatic carbocycles. The van der Waals surface area contributed by atoms with Gasteiger partial charge in [0.2, 0.25) is 0 Å². The summed E-state index contributed by atoms with van der Waals surface area (Å²) in [5.41, 5.74) is 2.24. The van der Waals surface area contributed by atoms with Crippen molar-refractivity contribution in [3.63, 3.8) is 0 Å². The monoisotopic (exact) mass is 351 g/mol. The molecule has 0 fully saturated rings. The van der Waals surface area contributed by atoms with Gasteiger partial charge < -0.3 is 5.32 Å². The van der Waals surface area contributed by atoms with Crippen LogP contribution in [0.4, 0.5) is 10.2 Å². The van der Waals surface area contributed by atoms with Crippen LogP contribution in [0.3, 0.4) is 0 Å². The molecule has 0 aliphatic heterocycles. The molecule has 0 atom stereocenters. The van der Waals surface area contributed by atoms with E-state index in [0.29, 0.717) is 17.9 Å². The number of nitrogens with one attached hydrogen (secondary N) is 1. The third kappa shape index (κ3) is 4.17. The Balaban J connectivity index is 1.90. The number of carbonyl (C=O) groups excluding carboxylic acids is 1. The molecule has 3 aromatic rings. The van der Waals surface area contributed by atoms with E-state index in [0.717, 1.165) is 11.3 Å². The van der Waals surface area contributed by atoms with Gasteiger partial charge in [-0.2, -0.15) is 5.10 Å². The number of anilines is 1. The van der Waals surface area contributed by atoms with Crippen LogP contribution >= 0.6 is 0 Å². The number of halogens is 1. The maximum Gasteiger partial charge on any atom is 0.256 e. The van der Waals surface area contributed by atoms with Gasteiger partial charge in [0.15, 0.2) is 0 Å². The predicted octanol–water partition coefficient (Wildman–Crippen LogP) is 4.62. The zero-order valence-corrected chi connectivity index (χ0v) is 15.2. The summed E-state index contributed by atoms with van der Waals surface area (Å²) in [6.07, 6.45) is 0. The fourth-order valence-corrected chi connectivity index (χ4v) is 2.55. The first-order chi connectivity index (χ1) is 12.3. The SMILES string of the molecule is CC(C)(C)c1cc(NC(=O)c2ccc(F)cc2)n(Cc2ccccc2)n1. The summed E-state index contributed by atoms with van der Waals surface area (Å²) in [6.45, 7) is 6.78. The van der Waals surface area contributed by atoms with E-state index < -0.39 is 0 Å². The number of hydrogen-bond acceptors (Lipinski definition) is 2. The molecule has 1 aromatic heterocycles. The summed E-state index contributed by atoms with van der Waals surface area (Å²) >= 11 is 0. The zero-order chi connectivity index (χ0) is 18.7. The molecule has 0 saturated heterocycles. The van der Waals surface area contributed by atoms with Crippen molar-refractivity contribution in [2.75, 3.05) is 5.32 Å². The van der Waals surface area contributed by atoms with E-state index in [2.05, 4.69) is 31.2 Å². The van der Waals surface area contributed by atoms with Crippen molar-refractivity contribution in [2.24, 2.45) is 0 Å². The highest BCUT2D eigenvalue weighted by Gasteiger charge is 2.21. The van der Waals surface area contributed by atoms with E-state index in [-0.39, 0.29) is 17.1 Å². The number of aromatic nitrogens is 2. The van der Waals surface area contributed by atoms with Gasteiger partial charge >= 0.3 is 0 Å². The lowest BCUT2D eigenvalue weighted by Gasteiger charge is -2.14. The summed E-state index contributed by atoms with van der Waals surface area (Å²) in [4.78, 5) is 12.5. The van der Waals surface area contributed by atoms with Gasteiger partial charge in [-0.3, -0.25) is 4.79 Å². The first-order valence-electron chi connectivity index (χ1n) is 8.52. The normalized spacial score (nSPS) is 11.4. The van der Waals surface area contributed by atoms with Crippen molar-refractivity contribution in [1.29, 1.82) is 0 Å². The first-order valence-corrected chi connectivity index (χ1v) is 8.52. The second kappa shape index (κ2) is 7.12. The molecule has 1 amide bonds. The highest BCUT2D eigenvalue weighted by atomic mass is 19.1. The number of amides is 1. The highest BCUT2D eigenvalue weighted by Crippen LogP contribution is 2.25. The van der Waals surface area contributed by atoms with E-state index >= 15 is 0 Å². The summed E-state index contributed by atoms with van der Waals surface area (Å²) in [5.74, 6) is -0.0431. The number of nitrogens with zero attached hydrogens (tertiary/aromatic N) is 2. The fourth-order valence-electron chi connectivity index (χ4n) is 2.55. The third-order valence-electron chi connectivity index (χ3n) is 4.07. The molecule has 0 radical (unpaired) electrons. The number of benzene rings is 2. The molecule has 0 aliphatic carbocycles. The third-order valence-corrected chi connectivity index (χ3v) is 4.07. The Morgan fingerprint density at radius 1 is 1.08 bits per heavy atom. The van der Waals surface area contributed by atoms with Crippen LogP contribution < -0.4 is 5.32 Å². The van der Waals surface area contributed by atoms with Gasteiger partial charge in [-0.1, -0.05) is 51.1 Å².